The molecule has 0 unspecified atom stereocenters. The number of aromatic nitrogens is 5. The Morgan fingerprint density at radius 2 is 1.73 bits per heavy atom. The smallest absolute Gasteiger partial charge is 0.350 e. The van der Waals surface area contributed by atoms with E-state index >= 15 is 0 Å². The summed E-state index contributed by atoms with van der Waals surface area (Å²) in [4.78, 5) is 12.8. The third-order valence-electron chi connectivity index (χ3n) is 5.36. The number of nitrogens with zero attached hydrogens (tertiary/aromatic N) is 5. The summed E-state index contributed by atoms with van der Waals surface area (Å²) in [6, 6.07) is 12.7. The number of ether oxygens (including phenoxy) is 1. The van der Waals surface area contributed by atoms with Gasteiger partial charge in [-0.05, 0) is 54.4 Å². The van der Waals surface area contributed by atoms with Crippen molar-refractivity contribution in [3.8, 4) is 17.0 Å². The second-order valence-electron chi connectivity index (χ2n) is 7.80. The molecule has 5 rings (SSSR count). The lowest BCUT2D eigenvalue weighted by Gasteiger charge is -2.05. The molecule has 0 saturated heterocycles. The molecule has 0 radical (unpaired) electrons. The van der Waals surface area contributed by atoms with Gasteiger partial charge >= 0.3 is 5.69 Å². The molecule has 0 spiro atoms. The van der Waals surface area contributed by atoms with Crippen molar-refractivity contribution >= 4 is 11.2 Å². The van der Waals surface area contributed by atoms with Crippen LogP contribution in [-0.4, -0.2) is 30.4 Å². The van der Waals surface area contributed by atoms with Crippen molar-refractivity contribution in [1.29, 1.82) is 0 Å². The van der Waals surface area contributed by atoms with Gasteiger partial charge in [-0.3, -0.25) is 0 Å². The van der Waals surface area contributed by atoms with Gasteiger partial charge < -0.3 is 4.74 Å². The molecule has 0 fully saturated rings. The number of hydrogen-bond acceptors (Lipinski definition) is 4. The van der Waals surface area contributed by atoms with E-state index in [1.807, 2.05) is 30.3 Å². The molecule has 168 valence electrons. The summed E-state index contributed by atoms with van der Waals surface area (Å²) in [6.07, 6.45) is 5.32. The number of fused-ring (bicyclic) bond motifs is 3. The molecule has 0 amide bonds. The number of halogens is 2. The molecule has 2 aromatic carbocycles. The topological polar surface area (TPSA) is 65.8 Å². The summed E-state index contributed by atoms with van der Waals surface area (Å²) in [5.41, 5.74) is 2.56. The molecule has 0 atom stereocenters. The predicted octanol–water partition coefficient (Wildman–Crippen LogP) is 4.32. The van der Waals surface area contributed by atoms with Gasteiger partial charge in [0.25, 0.3) is 0 Å². The standard InChI is InChI=1S/C24H21F2N5O2/c1-2-3-10-33-20-6-4-17(5-7-20)21-14-22-23-28-31(15-16-11-18(25)13-19(26)12-16)24(32)29(23)8-9-30(22)27-21/h4-9,11-14H,2-3,10,15H2,1H3. The van der Waals surface area contributed by atoms with E-state index in [0.29, 0.717) is 23.3 Å². The highest BCUT2D eigenvalue weighted by Crippen LogP contribution is 2.24. The highest BCUT2D eigenvalue weighted by molar-refractivity contribution is 5.76. The lowest BCUT2D eigenvalue weighted by Crippen LogP contribution is -2.21. The number of hydrogen-bond donors (Lipinski definition) is 0. The fourth-order valence-electron chi connectivity index (χ4n) is 3.71. The van der Waals surface area contributed by atoms with Crippen LogP contribution in [0.2, 0.25) is 0 Å². The molecule has 9 heteroatoms. The Balaban J connectivity index is 1.49. The molecule has 0 bridgehead atoms. The predicted molar refractivity (Wildman–Crippen MR) is 120 cm³/mol. The second kappa shape index (κ2) is 8.50. The lowest BCUT2D eigenvalue weighted by molar-refractivity contribution is 0.309. The number of unbranched alkanes of at least 4 members (excludes halogenated alkanes) is 1. The van der Waals surface area contributed by atoms with Crippen LogP contribution in [0.5, 0.6) is 5.75 Å². The summed E-state index contributed by atoms with van der Waals surface area (Å²) in [7, 11) is 0. The zero-order valence-electron chi connectivity index (χ0n) is 17.9. The van der Waals surface area contributed by atoms with Gasteiger partial charge in [0.05, 0.1) is 18.8 Å². The SMILES string of the molecule is CCCCOc1ccc(-c2cc3c4nn(Cc5cc(F)cc(F)c5)c(=O)n4ccn3n2)cc1. The van der Waals surface area contributed by atoms with E-state index in [2.05, 4.69) is 17.1 Å². The van der Waals surface area contributed by atoms with Crippen LogP contribution in [0.1, 0.15) is 25.3 Å². The lowest BCUT2D eigenvalue weighted by atomic mass is 10.1. The van der Waals surface area contributed by atoms with E-state index in [-0.39, 0.29) is 6.54 Å². The van der Waals surface area contributed by atoms with Gasteiger partial charge in [0.1, 0.15) is 22.9 Å². The van der Waals surface area contributed by atoms with Crippen LogP contribution >= 0.6 is 0 Å². The van der Waals surface area contributed by atoms with E-state index in [1.54, 1.807) is 16.9 Å². The Morgan fingerprint density at radius 3 is 2.45 bits per heavy atom. The average molecular weight is 449 g/mol. The molecule has 0 aliphatic heterocycles. The Bertz CT molecular complexity index is 1480. The van der Waals surface area contributed by atoms with Crippen molar-refractivity contribution < 1.29 is 13.5 Å². The van der Waals surface area contributed by atoms with Crippen LogP contribution in [0.15, 0.2) is 65.7 Å². The van der Waals surface area contributed by atoms with Crippen molar-refractivity contribution in [1.82, 2.24) is 23.8 Å². The third-order valence-corrected chi connectivity index (χ3v) is 5.36. The average Bonchev–Trinajstić information content (AvgIpc) is 3.35. The van der Waals surface area contributed by atoms with Crippen molar-refractivity contribution in [2.45, 2.75) is 26.3 Å². The maximum atomic E-state index is 13.5. The van der Waals surface area contributed by atoms with Crippen LogP contribution in [0.3, 0.4) is 0 Å². The molecule has 3 heterocycles. The first kappa shape index (κ1) is 20.9. The quantitative estimate of drug-likeness (QED) is 0.347. The zero-order chi connectivity index (χ0) is 22.9. The first-order valence-electron chi connectivity index (χ1n) is 10.7. The summed E-state index contributed by atoms with van der Waals surface area (Å²) >= 11 is 0. The number of benzene rings is 2. The first-order valence-corrected chi connectivity index (χ1v) is 10.7. The molecule has 0 aliphatic rings. The third kappa shape index (κ3) is 4.09. The fraction of sp³-hybridized carbons (Fsp3) is 0.208. The van der Waals surface area contributed by atoms with Gasteiger partial charge in [-0.15, -0.1) is 5.10 Å². The van der Waals surface area contributed by atoms with E-state index in [1.165, 1.54) is 21.2 Å². The van der Waals surface area contributed by atoms with Crippen molar-refractivity contribution in [3.63, 3.8) is 0 Å². The van der Waals surface area contributed by atoms with E-state index < -0.39 is 17.3 Å². The summed E-state index contributed by atoms with van der Waals surface area (Å²) < 4.78 is 37.0. The Labute approximate surface area is 187 Å². The van der Waals surface area contributed by atoms with Crippen molar-refractivity contribution in [2.75, 3.05) is 6.61 Å². The van der Waals surface area contributed by atoms with Gasteiger partial charge in [-0.1, -0.05) is 13.3 Å². The van der Waals surface area contributed by atoms with E-state index in [0.717, 1.165) is 35.9 Å². The molecule has 0 N–H and O–H groups in total. The monoisotopic (exact) mass is 449 g/mol. The van der Waals surface area contributed by atoms with Crippen LogP contribution in [-0.2, 0) is 6.54 Å². The number of rotatable bonds is 7. The highest BCUT2D eigenvalue weighted by Gasteiger charge is 2.14. The molecule has 33 heavy (non-hydrogen) atoms. The van der Waals surface area contributed by atoms with E-state index in [4.69, 9.17) is 4.74 Å². The maximum absolute atomic E-state index is 13.5. The van der Waals surface area contributed by atoms with Gasteiger partial charge in [0.15, 0.2) is 5.65 Å². The molecule has 7 nitrogen and oxygen atoms in total. The molecular formula is C24H21F2N5O2. The Hall–Kier alpha value is -4.01. The largest absolute Gasteiger partial charge is 0.494 e. The van der Waals surface area contributed by atoms with Gasteiger partial charge in [-0.25, -0.2) is 27.2 Å². The minimum absolute atomic E-state index is 0.0537. The molecule has 0 saturated carbocycles. The minimum atomic E-state index is -0.702. The Morgan fingerprint density at radius 1 is 0.970 bits per heavy atom. The summed E-state index contributed by atoms with van der Waals surface area (Å²) in [5, 5.41) is 9.00. The molecule has 3 aromatic heterocycles. The summed E-state index contributed by atoms with van der Waals surface area (Å²) in [6.45, 7) is 2.75. The molecule has 5 aromatic rings. The van der Waals surface area contributed by atoms with Crippen LogP contribution in [0.25, 0.3) is 22.4 Å². The summed E-state index contributed by atoms with van der Waals surface area (Å²) in [5.74, 6) is -0.602. The molecule has 0 aliphatic carbocycles. The van der Waals surface area contributed by atoms with Crippen LogP contribution in [0, 0.1) is 11.6 Å². The normalized spacial score (nSPS) is 11.5. The Kier molecular flexibility index (Phi) is 5.37. The van der Waals surface area contributed by atoms with Gasteiger partial charge in [0, 0.05) is 24.0 Å². The van der Waals surface area contributed by atoms with E-state index in [9.17, 15) is 13.6 Å². The highest BCUT2D eigenvalue weighted by atomic mass is 19.1. The van der Waals surface area contributed by atoms with Crippen LogP contribution in [0.4, 0.5) is 8.78 Å². The van der Waals surface area contributed by atoms with Crippen LogP contribution < -0.4 is 10.4 Å². The maximum Gasteiger partial charge on any atom is 0.350 e. The van der Waals surface area contributed by atoms with Crippen molar-refractivity contribution in [3.05, 3.63) is 88.6 Å². The fourth-order valence-corrected chi connectivity index (χ4v) is 3.71. The molecular weight excluding hydrogens is 428 g/mol. The van der Waals surface area contributed by atoms with Gasteiger partial charge in [-0.2, -0.15) is 5.10 Å². The zero-order valence-corrected chi connectivity index (χ0v) is 17.9. The minimum Gasteiger partial charge on any atom is -0.494 e. The second-order valence-corrected chi connectivity index (χ2v) is 7.80. The van der Waals surface area contributed by atoms with Gasteiger partial charge in [0.2, 0.25) is 0 Å². The van der Waals surface area contributed by atoms with Crippen molar-refractivity contribution in [2.24, 2.45) is 0 Å². The first-order chi connectivity index (χ1) is 16.0.